The van der Waals surface area contributed by atoms with Gasteiger partial charge in [-0.05, 0) is 31.0 Å². The van der Waals surface area contributed by atoms with Gasteiger partial charge in [-0.15, -0.1) is 0 Å². The highest BCUT2D eigenvalue weighted by atomic mass is 79.9. The summed E-state index contributed by atoms with van der Waals surface area (Å²) in [6.45, 7) is 1.98. The third-order valence-electron chi connectivity index (χ3n) is 3.05. The highest BCUT2D eigenvalue weighted by molar-refractivity contribution is 9.10. The minimum Gasteiger partial charge on any atom is -0.396 e. The Kier molecular flexibility index (Phi) is 4.61. The molecule has 0 aliphatic rings. The molecular formula is C14H17BrN2O2. The maximum Gasteiger partial charge on any atom is 0.224 e. The van der Waals surface area contributed by atoms with Crippen LogP contribution in [-0.4, -0.2) is 28.6 Å². The number of carbonyl (C=O) groups is 1. The van der Waals surface area contributed by atoms with Crippen LogP contribution in [-0.2, 0) is 11.2 Å². The Bertz CT molecular complexity index is 580. The van der Waals surface area contributed by atoms with Crippen LogP contribution in [0.1, 0.15) is 18.9 Å². The van der Waals surface area contributed by atoms with Crippen LogP contribution in [0.3, 0.4) is 0 Å². The molecule has 4 nitrogen and oxygen atoms in total. The van der Waals surface area contributed by atoms with Crippen LogP contribution in [0.4, 0.5) is 0 Å². The summed E-state index contributed by atoms with van der Waals surface area (Å²) < 4.78 is 1.01. The molecule has 2 aromatic rings. The lowest BCUT2D eigenvalue weighted by Gasteiger charge is -2.11. The standard InChI is InChI=1S/C14H17BrN2O2/c1-9(4-5-18)17-14(19)6-10-8-16-13-7-11(15)2-3-12(10)13/h2-3,7-9,16,18H,4-6H2,1H3,(H,17,19). The van der Waals surface area contributed by atoms with Crippen LogP contribution in [0, 0.1) is 0 Å². The van der Waals surface area contributed by atoms with Crippen molar-refractivity contribution < 1.29 is 9.90 Å². The molecule has 0 bridgehead atoms. The first-order chi connectivity index (χ1) is 9.10. The maximum absolute atomic E-state index is 11.9. The number of fused-ring (bicyclic) bond motifs is 1. The predicted octanol–water partition coefficient (Wildman–Crippen LogP) is 2.36. The largest absolute Gasteiger partial charge is 0.396 e. The van der Waals surface area contributed by atoms with E-state index in [1.807, 2.05) is 31.3 Å². The molecule has 102 valence electrons. The number of benzene rings is 1. The van der Waals surface area contributed by atoms with E-state index in [2.05, 4.69) is 26.2 Å². The summed E-state index contributed by atoms with van der Waals surface area (Å²) in [5.74, 6) is -0.0234. The highest BCUT2D eigenvalue weighted by Crippen LogP contribution is 2.22. The van der Waals surface area contributed by atoms with E-state index in [9.17, 15) is 4.79 Å². The molecule has 0 radical (unpaired) electrons. The molecule has 5 heteroatoms. The van der Waals surface area contributed by atoms with Gasteiger partial charge >= 0.3 is 0 Å². The van der Waals surface area contributed by atoms with Gasteiger partial charge in [0.25, 0.3) is 0 Å². The average Bonchev–Trinajstić information content (AvgIpc) is 2.71. The number of halogens is 1. The van der Waals surface area contributed by atoms with Crippen LogP contribution in [0.15, 0.2) is 28.9 Å². The Hall–Kier alpha value is -1.33. The van der Waals surface area contributed by atoms with Gasteiger partial charge in [0, 0.05) is 34.2 Å². The molecule has 1 aromatic heterocycles. The Morgan fingerprint density at radius 2 is 2.32 bits per heavy atom. The van der Waals surface area contributed by atoms with Crippen molar-refractivity contribution in [3.63, 3.8) is 0 Å². The molecule has 1 atom stereocenters. The zero-order valence-corrected chi connectivity index (χ0v) is 12.3. The molecular weight excluding hydrogens is 308 g/mol. The second kappa shape index (κ2) is 6.21. The van der Waals surface area contributed by atoms with E-state index in [4.69, 9.17) is 5.11 Å². The smallest absolute Gasteiger partial charge is 0.224 e. The fourth-order valence-corrected chi connectivity index (χ4v) is 2.43. The van der Waals surface area contributed by atoms with Gasteiger partial charge in [-0.1, -0.05) is 22.0 Å². The van der Waals surface area contributed by atoms with E-state index in [0.29, 0.717) is 12.8 Å². The zero-order chi connectivity index (χ0) is 13.8. The first-order valence-corrected chi connectivity index (χ1v) is 7.05. The maximum atomic E-state index is 11.9. The van der Waals surface area contributed by atoms with Crippen molar-refractivity contribution in [3.05, 3.63) is 34.4 Å². The van der Waals surface area contributed by atoms with Crippen molar-refractivity contribution in [2.24, 2.45) is 0 Å². The molecule has 2 rings (SSSR count). The highest BCUT2D eigenvalue weighted by Gasteiger charge is 2.11. The lowest BCUT2D eigenvalue weighted by atomic mass is 10.1. The van der Waals surface area contributed by atoms with Crippen LogP contribution in [0.25, 0.3) is 10.9 Å². The molecule has 0 fully saturated rings. The van der Waals surface area contributed by atoms with Gasteiger partial charge in [0.2, 0.25) is 5.91 Å². The second-order valence-corrected chi connectivity index (χ2v) is 5.58. The third kappa shape index (κ3) is 3.58. The summed E-state index contributed by atoms with van der Waals surface area (Å²) in [6, 6.07) is 5.95. The Labute approximate surface area is 120 Å². The van der Waals surface area contributed by atoms with E-state index in [-0.39, 0.29) is 18.6 Å². The summed E-state index contributed by atoms with van der Waals surface area (Å²) in [7, 11) is 0. The average molecular weight is 325 g/mol. The van der Waals surface area contributed by atoms with E-state index < -0.39 is 0 Å². The van der Waals surface area contributed by atoms with Gasteiger partial charge in [-0.25, -0.2) is 0 Å². The summed E-state index contributed by atoms with van der Waals surface area (Å²) in [5.41, 5.74) is 2.00. The molecule has 1 unspecified atom stereocenters. The van der Waals surface area contributed by atoms with E-state index >= 15 is 0 Å². The van der Waals surface area contributed by atoms with Crippen molar-refractivity contribution in [2.45, 2.75) is 25.8 Å². The molecule has 0 spiro atoms. The van der Waals surface area contributed by atoms with E-state index in [1.165, 1.54) is 0 Å². The van der Waals surface area contributed by atoms with Crippen molar-refractivity contribution >= 4 is 32.7 Å². The SMILES string of the molecule is CC(CCO)NC(=O)Cc1c[nH]c2cc(Br)ccc12. The summed E-state index contributed by atoms with van der Waals surface area (Å²) in [4.78, 5) is 15.1. The van der Waals surface area contributed by atoms with Gasteiger partial charge in [0.15, 0.2) is 0 Å². The monoisotopic (exact) mass is 324 g/mol. The number of rotatable bonds is 5. The summed E-state index contributed by atoms with van der Waals surface area (Å²) in [5, 5.41) is 12.7. The predicted molar refractivity (Wildman–Crippen MR) is 79.0 cm³/mol. The lowest BCUT2D eigenvalue weighted by Crippen LogP contribution is -2.34. The van der Waals surface area contributed by atoms with Crippen LogP contribution < -0.4 is 5.32 Å². The van der Waals surface area contributed by atoms with Crippen LogP contribution in [0.5, 0.6) is 0 Å². The second-order valence-electron chi connectivity index (χ2n) is 4.66. The molecule has 0 saturated heterocycles. The number of aliphatic hydroxyl groups excluding tert-OH is 1. The molecule has 0 aliphatic carbocycles. The van der Waals surface area contributed by atoms with Gasteiger partial charge in [-0.3, -0.25) is 4.79 Å². The summed E-state index contributed by atoms with van der Waals surface area (Å²) >= 11 is 3.42. The minimum atomic E-state index is -0.0234. The van der Waals surface area contributed by atoms with Gasteiger partial charge < -0.3 is 15.4 Å². The quantitative estimate of drug-likeness (QED) is 0.790. The lowest BCUT2D eigenvalue weighted by molar-refractivity contribution is -0.121. The van der Waals surface area contributed by atoms with Crippen molar-refractivity contribution in [1.82, 2.24) is 10.3 Å². The Morgan fingerprint density at radius 3 is 3.05 bits per heavy atom. The van der Waals surface area contributed by atoms with Crippen molar-refractivity contribution in [2.75, 3.05) is 6.61 Å². The molecule has 1 aromatic carbocycles. The topological polar surface area (TPSA) is 65.1 Å². The number of hydrogen-bond donors (Lipinski definition) is 3. The molecule has 1 heterocycles. The normalized spacial score (nSPS) is 12.6. The van der Waals surface area contributed by atoms with E-state index in [1.54, 1.807) is 0 Å². The number of aromatic nitrogens is 1. The van der Waals surface area contributed by atoms with E-state index in [0.717, 1.165) is 20.9 Å². The summed E-state index contributed by atoms with van der Waals surface area (Å²) in [6.07, 6.45) is 2.79. The first-order valence-electron chi connectivity index (χ1n) is 6.26. The molecule has 19 heavy (non-hydrogen) atoms. The fraction of sp³-hybridized carbons (Fsp3) is 0.357. The van der Waals surface area contributed by atoms with Crippen LogP contribution >= 0.6 is 15.9 Å². The van der Waals surface area contributed by atoms with Gasteiger partial charge in [0.1, 0.15) is 0 Å². The van der Waals surface area contributed by atoms with Crippen LogP contribution in [0.2, 0.25) is 0 Å². The van der Waals surface area contributed by atoms with Crippen molar-refractivity contribution in [3.8, 4) is 0 Å². The molecule has 1 amide bonds. The number of nitrogens with one attached hydrogen (secondary N) is 2. The number of H-pyrrole nitrogens is 1. The number of aliphatic hydroxyl groups is 1. The Morgan fingerprint density at radius 1 is 1.53 bits per heavy atom. The fourth-order valence-electron chi connectivity index (χ4n) is 2.07. The number of amides is 1. The number of carbonyl (C=O) groups excluding carboxylic acids is 1. The number of hydrogen-bond acceptors (Lipinski definition) is 2. The minimum absolute atomic E-state index is 0.00292. The Balaban J connectivity index is 2.07. The van der Waals surface area contributed by atoms with Gasteiger partial charge in [-0.2, -0.15) is 0 Å². The molecule has 3 N–H and O–H groups in total. The zero-order valence-electron chi connectivity index (χ0n) is 10.7. The van der Waals surface area contributed by atoms with Crippen molar-refractivity contribution in [1.29, 1.82) is 0 Å². The molecule has 0 saturated carbocycles. The van der Waals surface area contributed by atoms with Gasteiger partial charge in [0.05, 0.1) is 6.42 Å². The number of aromatic amines is 1. The molecule has 0 aliphatic heterocycles. The first kappa shape index (κ1) is 14.1. The third-order valence-corrected chi connectivity index (χ3v) is 3.54.